The zero-order valence-corrected chi connectivity index (χ0v) is 9.47. The van der Waals surface area contributed by atoms with Crippen LogP contribution in [-0.4, -0.2) is 29.3 Å². The van der Waals surface area contributed by atoms with E-state index in [9.17, 15) is 0 Å². The molecule has 0 bridgehead atoms. The molecule has 0 saturated heterocycles. The van der Waals surface area contributed by atoms with E-state index in [1.165, 1.54) is 25.7 Å². The number of rotatable bonds is 4. The van der Waals surface area contributed by atoms with Gasteiger partial charge in [-0.05, 0) is 25.0 Å². The zero-order chi connectivity index (χ0) is 11.4. The van der Waals surface area contributed by atoms with Gasteiger partial charge in [0.25, 0.3) is 0 Å². The smallest absolute Gasteiger partial charge is 0.123 e. The van der Waals surface area contributed by atoms with Gasteiger partial charge in [-0.2, -0.15) is 0 Å². The largest absolute Gasteiger partial charge is 0.395 e. The summed E-state index contributed by atoms with van der Waals surface area (Å²) in [5.41, 5.74) is 6.64. The summed E-state index contributed by atoms with van der Waals surface area (Å²) >= 11 is 0. The zero-order valence-electron chi connectivity index (χ0n) is 9.47. The molecule has 0 amide bonds. The molecule has 1 aliphatic carbocycles. The van der Waals surface area contributed by atoms with Crippen molar-refractivity contribution in [1.29, 1.82) is 0 Å². The standard InChI is InChI=1S/C12H19N3O/c13-12-6-5-11(9-14-12)15(7-8-16)10-3-1-2-4-10/h5-6,9-10,16H,1-4,7-8H2,(H2,13,14). The van der Waals surface area contributed by atoms with Crippen LogP contribution in [0.4, 0.5) is 11.5 Å². The Labute approximate surface area is 96.1 Å². The Balaban J connectivity index is 2.14. The molecule has 2 rings (SSSR count). The SMILES string of the molecule is Nc1ccc(N(CCO)C2CCCC2)cn1. The Morgan fingerprint density at radius 1 is 1.38 bits per heavy atom. The number of hydrogen-bond acceptors (Lipinski definition) is 4. The summed E-state index contributed by atoms with van der Waals surface area (Å²) < 4.78 is 0. The molecule has 1 aliphatic rings. The van der Waals surface area contributed by atoms with E-state index in [1.807, 2.05) is 12.1 Å². The summed E-state index contributed by atoms with van der Waals surface area (Å²) in [6.45, 7) is 0.858. The molecular formula is C12H19N3O. The first kappa shape index (κ1) is 11.2. The third-order valence-electron chi connectivity index (χ3n) is 3.21. The van der Waals surface area contributed by atoms with Gasteiger partial charge in [0.1, 0.15) is 5.82 Å². The van der Waals surface area contributed by atoms with Crippen LogP contribution in [0.1, 0.15) is 25.7 Å². The molecular weight excluding hydrogens is 202 g/mol. The van der Waals surface area contributed by atoms with E-state index in [0.717, 1.165) is 5.69 Å². The van der Waals surface area contributed by atoms with Gasteiger partial charge in [-0.3, -0.25) is 0 Å². The predicted molar refractivity (Wildman–Crippen MR) is 65.3 cm³/mol. The van der Waals surface area contributed by atoms with Gasteiger partial charge in [0.2, 0.25) is 0 Å². The maximum Gasteiger partial charge on any atom is 0.123 e. The van der Waals surface area contributed by atoms with Crippen LogP contribution >= 0.6 is 0 Å². The van der Waals surface area contributed by atoms with Crippen LogP contribution in [-0.2, 0) is 0 Å². The van der Waals surface area contributed by atoms with E-state index in [2.05, 4.69) is 9.88 Å². The number of pyridine rings is 1. The minimum absolute atomic E-state index is 0.181. The fraction of sp³-hybridized carbons (Fsp3) is 0.583. The van der Waals surface area contributed by atoms with Crippen LogP contribution in [0.2, 0.25) is 0 Å². The maximum absolute atomic E-state index is 9.13. The molecule has 0 atom stereocenters. The molecule has 1 saturated carbocycles. The molecule has 4 heteroatoms. The number of nitrogen functional groups attached to an aromatic ring is 1. The molecule has 0 spiro atoms. The van der Waals surface area contributed by atoms with E-state index in [0.29, 0.717) is 18.4 Å². The molecule has 1 aromatic rings. The van der Waals surface area contributed by atoms with Crippen LogP contribution in [0.5, 0.6) is 0 Å². The normalized spacial score (nSPS) is 16.6. The monoisotopic (exact) mass is 221 g/mol. The second-order valence-electron chi connectivity index (χ2n) is 4.30. The second kappa shape index (κ2) is 5.16. The van der Waals surface area contributed by atoms with Crippen molar-refractivity contribution in [3.05, 3.63) is 18.3 Å². The van der Waals surface area contributed by atoms with Gasteiger partial charge in [0, 0.05) is 12.6 Å². The Hall–Kier alpha value is -1.29. The molecule has 0 aromatic carbocycles. The van der Waals surface area contributed by atoms with E-state index in [4.69, 9.17) is 10.8 Å². The van der Waals surface area contributed by atoms with Crippen molar-refractivity contribution < 1.29 is 5.11 Å². The lowest BCUT2D eigenvalue weighted by atomic mass is 10.2. The molecule has 88 valence electrons. The van der Waals surface area contributed by atoms with Gasteiger partial charge < -0.3 is 15.7 Å². The minimum Gasteiger partial charge on any atom is -0.395 e. The number of hydrogen-bond donors (Lipinski definition) is 2. The van der Waals surface area contributed by atoms with Crippen LogP contribution < -0.4 is 10.6 Å². The Morgan fingerprint density at radius 3 is 2.69 bits per heavy atom. The molecule has 4 nitrogen and oxygen atoms in total. The highest BCUT2D eigenvalue weighted by Gasteiger charge is 2.22. The first-order chi connectivity index (χ1) is 7.81. The second-order valence-corrected chi connectivity index (χ2v) is 4.30. The van der Waals surface area contributed by atoms with Crippen molar-refractivity contribution in [1.82, 2.24) is 4.98 Å². The Kier molecular flexibility index (Phi) is 3.62. The summed E-state index contributed by atoms with van der Waals surface area (Å²) in [4.78, 5) is 6.36. The lowest BCUT2D eigenvalue weighted by Gasteiger charge is -2.30. The summed E-state index contributed by atoms with van der Waals surface area (Å²) in [7, 11) is 0. The average Bonchev–Trinajstić information content (AvgIpc) is 2.81. The highest BCUT2D eigenvalue weighted by Crippen LogP contribution is 2.27. The van der Waals surface area contributed by atoms with Crippen LogP contribution in [0.15, 0.2) is 18.3 Å². The molecule has 1 heterocycles. The van der Waals surface area contributed by atoms with Gasteiger partial charge in [-0.25, -0.2) is 4.98 Å². The van der Waals surface area contributed by atoms with E-state index in [-0.39, 0.29) is 6.61 Å². The predicted octanol–water partition coefficient (Wildman–Crippen LogP) is 1.41. The molecule has 0 unspecified atom stereocenters. The first-order valence-corrected chi connectivity index (χ1v) is 5.90. The molecule has 1 aromatic heterocycles. The van der Waals surface area contributed by atoms with Crippen molar-refractivity contribution in [2.75, 3.05) is 23.8 Å². The maximum atomic E-state index is 9.13. The molecule has 0 aliphatic heterocycles. The first-order valence-electron chi connectivity index (χ1n) is 5.90. The van der Waals surface area contributed by atoms with Crippen LogP contribution in [0, 0.1) is 0 Å². The highest BCUT2D eigenvalue weighted by atomic mass is 16.3. The van der Waals surface area contributed by atoms with Gasteiger partial charge >= 0.3 is 0 Å². The molecule has 0 radical (unpaired) electrons. The van der Waals surface area contributed by atoms with Crippen LogP contribution in [0.25, 0.3) is 0 Å². The van der Waals surface area contributed by atoms with Gasteiger partial charge in [0.15, 0.2) is 0 Å². The van der Waals surface area contributed by atoms with E-state index < -0.39 is 0 Å². The fourth-order valence-electron chi connectivity index (χ4n) is 2.41. The lowest BCUT2D eigenvalue weighted by molar-refractivity contribution is 0.297. The minimum atomic E-state index is 0.181. The third-order valence-corrected chi connectivity index (χ3v) is 3.21. The highest BCUT2D eigenvalue weighted by molar-refractivity contribution is 5.49. The summed E-state index contributed by atoms with van der Waals surface area (Å²) in [5, 5.41) is 9.13. The van der Waals surface area contributed by atoms with Crippen LogP contribution in [0.3, 0.4) is 0 Å². The lowest BCUT2D eigenvalue weighted by Crippen LogP contribution is -2.35. The Bertz CT molecular complexity index is 320. The average molecular weight is 221 g/mol. The topological polar surface area (TPSA) is 62.4 Å². The van der Waals surface area contributed by atoms with Crippen molar-refractivity contribution in [3.63, 3.8) is 0 Å². The van der Waals surface area contributed by atoms with E-state index in [1.54, 1.807) is 6.20 Å². The molecule has 1 fully saturated rings. The fourth-order valence-corrected chi connectivity index (χ4v) is 2.41. The molecule has 3 N–H and O–H groups in total. The van der Waals surface area contributed by atoms with Gasteiger partial charge in [-0.15, -0.1) is 0 Å². The van der Waals surface area contributed by atoms with Gasteiger partial charge in [-0.1, -0.05) is 12.8 Å². The summed E-state index contributed by atoms with van der Waals surface area (Å²) in [6, 6.07) is 4.35. The number of aromatic nitrogens is 1. The number of aliphatic hydroxyl groups is 1. The Morgan fingerprint density at radius 2 is 2.12 bits per heavy atom. The summed E-state index contributed by atoms with van der Waals surface area (Å²) in [6.07, 6.45) is 6.79. The van der Waals surface area contributed by atoms with E-state index >= 15 is 0 Å². The quantitative estimate of drug-likeness (QED) is 0.807. The number of nitrogens with two attached hydrogens (primary N) is 1. The number of aliphatic hydroxyl groups excluding tert-OH is 1. The number of nitrogens with zero attached hydrogens (tertiary/aromatic N) is 2. The number of anilines is 2. The third kappa shape index (κ3) is 2.44. The van der Waals surface area contributed by atoms with Gasteiger partial charge in [0.05, 0.1) is 18.5 Å². The van der Waals surface area contributed by atoms with Crippen molar-refractivity contribution in [3.8, 4) is 0 Å². The summed E-state index contributed by atoms with van der Waals surface area (Å²) in [5.74, 6) is 0.541. The molecule has 16 heavy (non-hydrogen) atoms. The van der Waals surface area contributed by atoms with Crippen molar-refractivity contribution in [2.45, 2.75) is 31.7 Å². The van der Waals surface area contributed by atoms with Crippen molar-refractivity contribution >= 4 is 11.5 Å². The van der Waals surface area contributed by atoms with Crippen molar-refractivity contribution in [2.24, 2.45) is 0 Å².